The number of hydroxylamine groups is 2. The Morgan fingerprint density at radius 3 is 2.33 bits per heavy atom. The number of carbonyl (C=O) groups is 2. The molecule has 0 unspecified atom stereocenters. The molecule has 0 aliphatic carbocycles. The van der Waals surface area contributed by atoms with E-state index in [0.29, 0.717) is 0 Å². The van der Waals surface area contributed by atoms with Crippen molar-refractivity contribution in [2.45, 2.75) is 13.0 Å². The van der Waals surface area contributed by atoms with Gasteiger partial charge < -0.3 is 10.5 Å². The third kappa shape index (κ3) is 3.20. The zero-order valence-electron chi connectivity index (χ0n) is 7.23. The van der Waals surface area contributed by atoms with Crippen molar-refractivity contribution in [3.05, 3.63) is 0 Å². The van der Waals surface area contributed by atoms with Gasteiger partial charge in [-0.3, -0.25) is 9.63 Å². The lowest BCUT2D eigenvalue weighted by Crippen LogP contribution is -2.37. The van der Waals surface area contributed by atoms with Crippen molar-refractivity contribution in [3.8, 4) is 0 Å². The molecule has 1 atom stereocenters. The maximum atomic E-state index is 11.1. The van der Waals surface area contributed by atoms with Crippen LogP contribution in [0.25, 0.3) is 0 Å². The molecule has 0 aromatic heterocycles. The van der Waals surface area contributed by atoms with Gasteiger partial charge in [0, 0.05) is 7.05 Å². The molecule has 0 aliphatic heterocycles. The Kier molecular flexibility index (Phi) is 4.06. The van der Waals surface area contributed by atoms with Crippen LogP contribution in [0.4, 0.5) is 4.79 Å². The summed E-state index contributed by atoms with van der Waals surface area (Å²) in [6.07, 6.45) is -1.91. The first-order chi connectivity index (χ1) is 5.49. The minimum absolute atomic E-state index is 0.476. The van der Waals surface area contributed by atoms with Gasteiger partial charge in [-0.2, -0.15) is 0 Å². The maximum Gasteiger partial charge on any atom is 0.405 e. The lowest BCUT2D eigenvalue weighted by atomic mass is 10.4. The zero-order chi connectivity index (χ0) is 9.72. The van der Waals surface area contributed by atoms with Crippen LogP contribution in [0.3, 0.4) is 0 Å². The normalized spacial score (nSPS) is 11.9. The first-order valence-corrected chi connectivity index (χ1v) is 3.26. The average Bonchev–Trinajstić information content (AvgIpc) is 2.00. The molecule has 0 heterocycles. The Morgan fingerprint density at radius 2 is 2.00 bits per heavy atom. The summed E-state index contributed by atoms with van der Waals surface area (Å²) < 4.78 is 4.40. The van der Waals surface area contributed by atoms with Crippen LogP contribution in [-0.2, 0) is 14.4 Å². The number of likely N-dealkylation sites (N-methyl/N-ethyl adjacent to an activating group) is 1. The molecular weight excluding hydrogens is 164 g/mol. The molecule has 0 saturated carbocycles. The monoisotopic (exact) mass is 176 g/mol. The van der Waals surface area contributed by atoms with Gasteiger partial charge in [-0.15, -0.1) is 0 Å². The molecule has 0 aromatic rings. The van der Waals surface area contributed by atoms with Gasteiger partial charge in [0.05, 0.1) is 7.11 Å². The predicted octanol–water partition coefficient (Wildman–Crippen LogP) is -0.510. The summed E-state index contributed by atoms with van der Waals surface area (Å²) in [7, 11) is 2.73. The number of rotatable bonds is 3. The minimum Gasteiger partial charge on any atom is -0.436 e. The van der Waals surface area contributed by atoms with Gasteiger partial charge >= 0.3 is 6.09 Å². The van der Waals surface area contributed by atoms with E-state index in [0.717, 1.165) is 5.06 Å². The molecule has 12 heavy (non-hydrogen) atoms. The lowest BCUT2D eigenvalue weighted by molar-refractivity contribution is -0.176. The number of amides is 2. The fourth-order valence-corrected chi connectivity index (χ4v) is 0.571. The fraction of sp³-hybridized carbons (Fsp3) is 0.667. The van der Waals surface area contributed by atoms with Crippen molar-refractivity contribution in [1.82, 2.24) is 5.06 Å². The first-order valence-electron chi connectivity index (χ1n) is 3.26. The molecule has 2 N–H and O–H groups in total. The van der Waals surface area contributed by atoms with Crippen molar-refractivity contribution in [2.24, 2.45) is 5.73 Å². The molecule has 0 radical (unpaired) electrons. The minimum atomic E-state index is -0.986. The highest BCUT2D eigenvalue weighted by atomic mass is 16.7. The highest BCUT2D eigenvalue weighted by molar-refractivity contribution is 5.81. The zero-order valence-corrected chi connectivity index (χ0v) is 7.23. The maximum absolute atomic E-state index is 11.1. The van der Waals surface area contributed by atoms with Crippen LogP contribution in [0.5, 0.6) is 0 Å². The van der Waals surface area contributed by atoms with Gasteiger partial charge in [0.1, 0.15) is 0 Å². The van der Waals surface area contributed by atoms with Crippen LogP contribution in [0.15, 0.2) is 0 Å². The van der Waals surface area contributed by atoms with Crippen molar-refractivity contribution >= 4 is 12.0 Å². The third-order valence-electron chi connectivity index (χ3n) is 1.22. The fourth-order valence-electron chi connectivity index (χ4n) is 0.571. The van der Waals surface area contributed by atoms with Gasteiger partial charge in [-0.25, -0.2) is 9.86 Å². The number of carbonyl (C=O) groups excluding carboxylic acids is 2. The molecule has 0 rings (SSSR count). The highest BCUT2D eigenvalue weighted by Gasteiger charge is 2.19. The molecule has 2 amide bonds. The number of primary amides is 1. The van der Waals surface area contributed by atoms with E-state index in [4.69, 9.17) is 5.73 Å². The smallest absolute Gasteiger partial charge is 0.405 e. The Bertz CT molecular complexity index is 182. The number of nitrogens with zero attached hydrogens (tertiary/aromatic N) is 1. The Labute approximate surface area is 70.2 Å². The predicted molar refractivity (Wildman–Crippen MR) is 39.9 cm³/mol. The Balaban J connectivity index is 4.01. The van der Waals surface area contributed by atoms with E-state index >= 15 is 0 Å². The molecule has 0 bridgehead atoms. The summed E-state index contributed by atoms with van der Waals surface area (Å²) in [5.41, 5.74) is 4.70. The Morgan fingerprint density at radius 1 is 1.50 bits per heavy atom. The topological polar surface area (TPSA) is 81.9 Å². The van der Waals surface area contributed by atoms with E-state index in [1.807, 2.05) is 0 Å². The summed E-state index contributed by atoms with van der Waals surface area (Å²) in [4.78, 5) is 25.9. The van der Waals surface area contributed by atoms with Crippen LogP contribution in [0.2, 0.25) is 0 Å². The van der Waals surface area contributed by atoms with Crippen LogP contribution >= 0.6 is 0 Å². The summed E-state index contributed by atoms with van der Waals surface area (Å²) in [6.45, 7) is 1.41. The van der Waals surface area contributed by atoms with Crippen LogP contribution < -0.4 is 5.73 Å². The second-order valence-corrected chi connectivity index (χ2v) is 2.10. The van der Waals surface area contributed by atoms with E-state index in [9.17, 15) is 9.59 Å². The van der Waals surface area contributed by atoms with Crippen molar-refractivity contribution in [3.63, 3.8) is 0 Å². The number of nitrogens with two attached hydrogens (primary N) is 1. The van der Waals surface area contributed by atoms with Crippen LogP contribution in [0, 0.1) is 0 Å². The molecule has 0 aromatic carbocycles. The van der Waals surface area contributed by atoms with E-state index < -0.39 is 18.1 Å². The number of hydrogen-bond donors (Lipinski definition) is 1. The Hall–Kier alpha value is -1.30. The van der Waals surface area contributed by atoms with Gasteiger partial charge in [0.25, 0.3) is 5.91 Å². The number of hydrogen-bond acceptors (Lipinski definition) is 4. The molecule has 0 fully saturated rings. The lowest BCUT2D eigenvalue weighted by Gasteiger charge is -2.17. The average molecular weight is 176 g/mol. The first kappa shape index (κ1) is 10.7. The quantitative estimate of drug-likeness (QED) is 0.587. The van der Waals surface area contributed by atoms with E-state index in [-0.39, 0.29) is 0 Å². The van der Waals surface area contributed by atoms with E-state index in [1.54, 1.807) is 0 Å². The van der Waals surface area contributed by atoms with Crippen molar-refractivity contribution < 1.29 is 19.2 Å². The largest absolute Gasteiger partial charge is 0.436 e. The number of ether oxygens (including phenoxy) is 1. The standard InChI is InChI=1S/C6H12N2O4/c1-4(12-6(7)10)5(9)8(2)11-3/h4H,1-3H3,(H2,7,10)/t4-/m1/s1. The summed E-state index contributed by atoms with van der Waals surface area (Å²) >= 11 is 0. The molecule has 6 nitrogen and oxygen atoms in total. The third-order valence-corrected chi connectivity index (χ3v) is 1.22. The molecule has 0 aliphatic rings. The molecular formula is C6H12N2O4. The summed E-state index contributed by atoms with van der Waals surface area (Å²) in [6, 6.07) is 0. The second-order valence-electron chi connectivity index (χ2n) is 2.10. The molecule has 0 spiro atoms. The van der Waals surface area contributed by atoms with Gasteiger partial charge in [-0.05, 0) is 6.92 Å². The van der Waals surface area contributed by atoms with Gasteiger partial charge in [0.15, 0.2) is 6.10 Å². The molecule has 6 heteroatoms. The molecule has 0 saturated heterocycles. The van der Waals surface area contributed by atoms with E-state index in [1.165, 1.54) is 21.1 Å². The highest BCUT2D eigenvalue weighted by Crippen LogP contribution is 1.96. The molecule has 70 valence electrons. The van der Waals surface area contributed by atoms with Crippen molar-refractivity contribution in [2.75, 3.05) is 14.2 Å². The van der Waals surface area contributed by atoms with Crippen LogP contribution in [-0.4, -0.2) is 37.3 Å². The SMILES string of the molecule is CON(C)C(=O)[C@@H](C)OC(N)=O. The summed E-state index contributed by atoms with van der Waals surface area (Å²) in [5.74, 6) is -0.476. The van der Waals surface area contributed by atoms with Crippen LogP contribution in [0.1, 0.15) is 6.92 Å². The second kappa shape index (κ2) is 4.55. The van der Waals surface area contributed by atoms with E-state index in [2.05, 4.69) is 9.57 Å². The van der Waals surface area contributed by atoms with Gasteiger partial charge in [0.2, 0.25) is 0 Å². The summed E-state index contributed by atoms with van der Waals surface area (Å²) in [5, 5.41) is 0.952. The van der Waals surface area contributed by atoms with Crippen molar-refractivity contribution in [1.29, 1.82) is 0 Å². The van der Waals surface area contributed by atoms with Gasteiger partial charge in [-0.1, -0.05) is 0 Å².